The molecule has 2 aliphatic carbocycles. The fourth-order valence-electron chi connectivity index (χ4n) is 6.58. The molecule has 0 aliphatic heterocycles. The normalized spacial score (nSPS) is 36.9. The second-order valence-electron chi connectivity index (χ2n) is 8.91. The second-order valence-corrected chi connectivity index (χ2v) is 8.91. The fourth-order valence-corrected chi connectivity index (χ4v) is 6.58. The minimum Gasteiger partial charge on any atom is -0.481 e. The predicted molar refractivity (Wildman–Crippen MR) is 117 cm³/mol. The highest BCUT2D eigenvalue weighted by molar-refractivity contribution is 5.90. The van der Waals surface area contributed by atoms with Gasteiger partial charge in [0.25, 0.3) is 0 Å². The number of carbonyl (C=O) groups excluding carboxylic acids is 1. The first-order valence-electron chi connectivity index (χ1n) is 11.0. The van der Waals surface area contributed by atoms with Crippen LogP contribution in [0.3, 0.4) is 0 Å². The van der Waals surface area contributed by atoms with Crippen LogP contribution >= 0.6 is 0 Å². The van der Waals surface area contributed by atoms with Gasteiger partial charge in [-0.05, 0) is 43.6 Å². The van der Waals surface area contributed by atoms with Gasteiger partial charge < -0.3 is 5.11 Å². The number of benzene rings is 1. The Hall–Kier alpha value is -2.16. The topological polar surface area (TPSA) is 54.4 Å². The van der Waals surface area contributed by atoms with Gasteiger partial charge in [0.05, 0.1) is 5.41 Å². The lowest BCUT2D eigenvalue weighted by molar-refractivity contribution is -0.165. The third kappa shape index (κ3) is 3.01. The van der Waals surface area contributed by atoms with Crippen molar-refractivity contribution in [3.8, 4) is 0 Å². The second kappa shape index (κ2) is 7.93. The van der Waals surface area contributed by atoms with Crippen LogP contribution in [0, 0.1) is 34.5 Å². The molecule has 0 heterocycles. The van der Waals surface area contributed by atoms with E-state index >= 15 is 0 Å². The van der Waals surface area contributed by atoms with E-state index in [4.69, 9.17) is 0 Å². The Morgan fingerprint density at radius 2 is 1.79 bits per heavy atom. The summed E-state index contributed by atoms with van der Waals surface area (Å²) in [7, 11) is 0. The minimum atomic E-state index is -0.990. The van der Waals surface area contributed by atoms with E-state index in [0.29, 0.717) is 12.8 Å². The van der Waals surface area contributed by atoms with Crippen LogP contribution in [0.4, 0.5) is 0 Å². The van der Waals surface area contributed by atoms with Crippen molar-refractivity contribution >= 4 is 17.8 Å². The van der Waals surface area contributed by atoms with Crippen LogP contribution in [0.5, 0.6) is 0 Å². The zero-order chi connectivity index (χ0) is 21.4. The van der Waals surface area contributed by atoms with Gasteiger partial charge in [0.2, 0.25) is 0 Å². The molecule has 29 heavy (non-hydrogen) atoms. The fraction of sp³-hybridized carbons (Fsp3) is 0.538. The van der Waals surface area contributed by atoms with Crippen LogP contribution in [0.2, 0.25) is 0 Å². The summed E-state index contributed by atoms with van der Waals surface area (Å²) < 4.78 is 0. The molecule has 1 aromatic rings. The lowest BCUT2D eigenvalue weighted by atomic mass is 9.47. The van der Waals surface area contributed by atoms with E-state index in [-0.39, 0.29) is 29.5 Å². The number of fused-ring (bicyclic) bond motifs is 1. The quantitative estimate of drug-likeness (QED) is 0.601. The molecule has 1 aromatic carbocycles. The molecule has 1 saturated carbocycles. The van der Waals surface area contributed by atoms with Gasteiger partial charge in [-0.15, -0.1) is 0 Å². The SMILES string of the molecule is CCC1C(=O)C(C)C2C1C(C)=CC(C=Cc1ccccc1)(CC)C2(CC)C(=O)O. The van der Waals surface area contributed by atoms with E-state index in [0.717, 1.165) is 12.0 Å². The van der Waals surface area contributed by atoms with Crippen molar-refractivity contribution in [2.24, 2.45) is 34.5 Å². The van der Waals surface area contributed by atoms with Gasteiger partial charge in [0.1, 0.15) is 5.78 Å². The molecule has 1 N–H and O–H groups in total. The Morgan fingerprint density at radius 1 is 1.14 bits per heavy atom. The van der Waals surface area contributed by atoms with E-state index in [1.54, 1.807) is 0 Å². The summed E-state index contributed by atoms with van der Waals surface area (Å²) in [6.45, 7) is 10.2. The van der Waals surface area contributed by atoms with Crippen molar-refractivity contribution in [2.45, 2.75) is 53.9 Å². The molecule has 3 nitrogen and oxygen atoms in total. The lowest BCUT2D eigenvalue weighted by Gasteiger charge is -2.54. The smallest absolute Gasteiger partial charge is 0.311 e. The zero-order valence-corrected chi connectivity index (χ0v) is 18.3. The van der Waals surface area contributed by atoms with Gasteiger partial charge in [-0.2, -0.15) is 0 Å². The van der Waals surface area contributed by atoms with Gasteiger partial charge in [0.15, 0.2) is 0 Å². The molecule has 6 atom stereocenters. The predicted octanol–water partition coefficient (Wildman–Crippen LogP) is 6.01. The summed E-state index contributed by atoms with van der Waals surface area (Å²) in [4.78, 5) is 26.1. The molecule has 3 heteroatoms. The van der Waals surface area contributed by atoms with Crippen molar-refractivity contribution in [1.82, 2.24) is 0 Å². The molecular weight excluding hydrogens is 360 g/mol. The molecule has 0 spiro atoms. The lowest BCUT2D eigenvalue weighted by Crippen LogP contribution is -2.56. The number of rotatable bonds is 6. The van der Waals surface area contributed by atoms with E-state index in [9.17, 15) is 14.7 Å². The maximum atomic E-state index is 13.1. The zero-order valence-electron chi connectivity index (χ0n) is 18.3. The molecule has 0 amide bonds. The number of aliphatic carboxylic acids is 1. The monoisotopic (exact) mass is 394 g/mol. The van der Waals surface area contributed by atoms with Crippen molar-refractivity contribution in [2.75, 3.05) is 0 Å². The van der Waals surface area contributed by atoms with E-state index in [2.05, 4.69) is 39.0 Å². The summed E-state index contributed by atoms with van der Waals surface area (Å²) in [6.07, 6.45) is 8.33. The van der Waals surface area contributed by atoms with Crippen LogP contribution in [0.1, 0.15) is 59.4 Å². The average Bonchev–Trinajstić information content (AvgIpc) is 2.98. The molecule has 2 aliphatic rings. The Kier molecular flexibility index (Phi) is 5.89. The molecule has 1 fully saturated rings. The Bertz CT molecular complexity index is 837. The Morgan fingerprint density at radius 3 is 2.31 bits per heavy atom. The van der Waals surface area contributed by atoms with Crippen molar-refractivity contribution in [1.29, 1.82) is 0 Å². The van der Waals surface area contributed by atoms with Crippen molar-refractivity contribution in [3.05, 3.63) is 53.6 Å². The molecule has 0 saturated heterocycles. The first kappa shape index (κ1) is 21.5. The summed E-state index contributed by atoms with van der Waals surface area (Å²) in [5.74, 6) is -0.968. The standard InChI is InChI=1S/C26H34O3/c1-6-20-21-17(4)16-25(7-2,15-14-19-12-10-9-11-13-19)26(8-3,24(28)29)22(21)18(5)23(20)27/h9-16,18,20-22H,6-8H2,1-5H3,(H,28,29). The molecule has 156 valence electrons. The van der Waals surface area contributed by atoms with E-state index in [1.165, 1.54) is 5.57 Å². The van der Waals surface area contributed by atoms with Crippen LogP contribution in [0.25, 0.3) is 6.08 Å². The number of ketones is 1. The summed E-state index contributed by atoms with van der Waals surface area (Å²) in [6, 6.07) is 10.0. The van der Waals surface area contributed by atoms with Crippen LogP contribution in [-0.2, 0) is 9.59 Å². The highest BCUT2D eigenvalue weighted by Gasteiger charge is 2.67. The van der Waals surface area contributed by atoms with Gasteiger partial charge in [0, 0.05) is 17.3 Å². The van der Waals surface area contributed by atoms with Crippen LogP contribution in [-0.4, -0.2) is 16.9 Å². The molecule has 3 rings (SSSR count). The summed E-state index contributed by atoms with van der Waals surface area (Å²) in [5, 5.41) is 10.7. The highest BCUT2D eigenvalue weighted by Crippen LogP contribution is 2.65. The Balaban J connectivity index is 2.26. The molecule has 6 unspecified atom stereocenters. The average molecular weight is 395 g/mol. The van der Waals surface area contributed by atoms with Gasteiger partial charge >= 0.3 is 5.97 Å². The maximum Gasteiger partial charge on any atom is 0.311 e. The molecular formula is C26H34O3. The largest absolute Gasteiger partial charge is 0.481 e. The van der Waals surface area contributed by atoms with E-state index < -0.39 is 16.8 Å². The number of hydrogen-bond donors (Lipinski definition) is 1. The summed E-state index contributed by atoms with van der Waals surface area (Å²) in [5.41, 5.74) is 0.637. The molecule has 0 aromatic heterocycles. The number of carbonyl (C=O) groups is 2. The third-order valence-electron chi connectivity index (χ3n) is 7.92. The van der Waals surface area contributed by atoms with Crippen molar-refractivity contribution < 1.29 is 14.7 Å². The van der Waals surface area contributed by atoms with Crippen LogP contribution < -0.4 is 0 Å². The third-order valence-corrected chi connectivity index (χ3v) is 7.92. The first-order valence-corrected chi connectivity index (χ1v) is 11.0. The number of allylic oxidation sites excluding steroid dienone is 3. The summed E-state index contributed by atoms with van der Waals surface area (Å²) >= 11 is 0. The van der Waals surface area contributed by atoms with Crippen LogP contribution in [0.15, 0.2) is 48.1 Å². The maximum absolute atomic E-state index is 13.1. The number of Topliss-reactive ketones (excluding diaryl/α,β-unsaturated/α-hetero) is 1. The Labute approximate surface area is 174 Å². The van der Waals surface area contributed by atoms with E-state index in [1.807, 2.05) is 44.2 Å². The number of carboxylic acid groups (broad SMARTS) is 1. The molecule has 0 radical (unpaired) electrons. The number of hydrogen-bond acceptors (Lipinski definition) is 2. The van der Waals surface area contributed by atoms with Gasteiger partial charge in [-0.25, -0.2) is 0 Å². The molecule has 0 bridgehead atoms. The van der Waals surface area contributed by atoms with Crippen molar-refractivity contribution in [3.63, 3.8) is 0 Å². The highest BCUT2D eigenvalue weighted by atomic mass is 16.4. The van der Waals surface area contributed by atoms with Gasteiger partial charge in [-0.3, -0.25) is 9.59 Å². The first-order chi connectivity index (χ1) is 13.8. The van der Waals surface area contributed by atoms with Gasteiger partial charge in [-0.1, -0.05) is 81.8 Å². The minimum absolute atomic E-state index is 0.0309. The number of carboxylic acids is 1.